The average molecular weight is 315 g/mol. The highest BCUT2D eigenvalue weighted by Gasteiger charge is 2.51. The average Bonchev–Trinajstić information content (AvgIpc) is 3.01. The molecule has 0 N–H and O–H groups in total. The Morgan fingerprint density at radius 3 is 2.43 bits per heavy atom. The Morgan fingerprint density at radius 1 is 1.22 bits per heavy atom. The van der Waals surface area contributed by atoms with E-state index in [0.717, 1.165) is 31.3 Å². The first-order chi connectivity index (χ1) is 10.7. The van der Waals surface area contributed by atoms with Crippen LogP contribution in [0.1, 0.15) is 57.7 Å². The standard InChI is InChI=1S/C18H26BNO3/c1-13-11-14(19-22-17(2,3)18(4,5)23-19)8-9-15(13)16-7-6-10-20(16)12-21/h8-9,11-12,16H,6-7,10H2,1-5H3. The van der Waals surface area contributed by atoms with Gasteiger partial charge in [0.15, 0.2) is 0 Å². The number of rotatable bonds is 3. The summed E-state index contributed by atoms with van der Waals surface area (Å²) in [4.78, 5) is 13.1. The number of likely N-dealkylation sites (tertiary alicyclic amines) is 1. The molecule has 1 atom stereocenters. The lowest BCUT2D eigenvalue weighted by Gasteiger charge is -2.32. The summed E-state index contributed by atoms with van der Waals surface area (Å²) in [5, 5.41) is 0. The summed E-state index contributed by atoms with van der Waals surface area (Å²) in [7, 11) is -0.335. The second kappa shape index (κ2) is 5.64. The second-order valence-electron chi connectivity index (χ2n) is 7.71. The Balaban J connectivity index is 1.85. The molecular formula is C18H26BNO3. The molecule has 0 aliphatic carbocycles. The van der Waals surface area contributed by atoms with Crippen LogP contribution >= 0.6 is 0 Å². The molecule has 1 aromatic carbocycles. The summed E-state index contributed by atoms with van der Waals surface area (Å²) in [5.41, 5.74) is 2.81. The molecule has 5 heteroatoms. The van der Waals surface area contributed by atoms with Crippen molar-refractivity contribution in [3.8, 4) is 0 Å². The monoisotopic (exact) mass is 315 g/mol. The summed E-state index contributed by atoms with van der Waals surface area (Å²) >= 11 is 0. The molecule has 2 saturated heterocycles. The van der Waals surface area contributed by atoms with Gasteiger partial charge in [0.05, 0.1) is 17.2 Å². The van der Waals surface area contributed by atoms with Crippen molar-refractivity contribution in [3.63, 3.8) is 0 Å². The predicted octanol–water partition coefficient (Wildman–Crippen LogP) is 2.59. The van der Waals surface area contributed by atoms with Gasteiger partial charge in [0, 0.05) is 6.54 Å². The van der Waals surface area contributed by atoms with Gasteiger partial charge in [0.25, 0.3) is 0 Å². The van der Waals surface area contributed by atoms with E-state index in [-0.39, 0.29) is 24.4 Å². The summed E-state index contributed by atoms with van der Waals surface area (Å²) in [6.45, 7) is 11.2. The largest absolute Gasteiger partial charge is 0.494 e. The van der Waals surface area contributed by atoms with Crippen molar-refractivity contribution >= 4 is 19.0 Å². The fraction of sp³-hybridized carbons (Fsp3) is 0.611. The number of amides is 1. The third kappa shape index (κ3) is 2.81. The topological polar surface area (TPSA) is 38.8 Å². The zero-order valence-corrected chi connectivity index (χ0v) is 14.8. The van der Waals surface area contributed by atoms with E-state index in [0.29, 0.717) is 0 Å². The van der Waals surface area contributed by atoms with E-state index in [4.69, 9.17) is 9.31 Å². The first-order valence-corrected chi connectivity index (χ1v) is 8.42. The lowest BCUT2D eigenvalue weighted by molar-refractivity contribution is -0.118. The van der Waals surface area contributed by atoms with Crippen LogP contribution in [0.25, 0.3) is 0 Å². The van der Waals surface area contributed by atoms with Crippen LogP contribution in [-0.4, -0.2) is 36.2 Å². The first kappa shape index (κ1) is 16.5. The molecule has 124 valence electrons. The maximum atomic E-state index is 11.2. The zero-order chi connectivity index (χ0) is 16.8. The number of aryl methyl sites for hydroxylation is 1. The van der Waals surface area contributed by atoms with E-state index in [9.17, 15) is 4.79 Å². The van der Waals surface area contributed by atoms with Crippen LogP contribution < -0.4 is 5.46 Å². The van der Waals surface area contributed by atoms with Crippen LogP contribution in [0.5, 0.6) is 0 Å². The maximum Gasteiger partial charge on any atom is 0.494 e. The minimum atomic E-state index is -0.335. The van der Waals surface area contributed by atoms with Crippen LogP contribution in [0.15, 0.2) is 18.2 Å². The highest BCUT2D eigenvalue weighted by atomic mass is 16.7. The van der Waals surface area contributed by atoms with Gasteiger partial charge in [-0.25, -0.2) is 0 Å². The lowest BCUT2D eigenvalue weighted by Crippen LogP contribution is -2.41. The molecule has 2 aliphatic heterocycles. The summed E-state index contributed by atoms with van der Waals surface area (Å²) in [6.07, 6.45) is 3.08. The number of carbonyl (C=O) groups is 1. The summed E-state index contributed by atoms with van der Waals surface area (Å²) in [6, 6.07) is 6.55. The van der Waals surface area contributed by atoms with E-state index in [1.807, 2.05) is 4.90 Å². The molecule has 1 amide bonds. The molecule has 2 heterocycles. The molecular weight excluding hydrogens is 289 g/mol. The highest BCUT2D eigenvalue weighted by molar-refractivity contribution is 6.62. The van der Waals surface area contributed by atoms with Crippen LogP contribution in [0.3, 0.4) is 0 Å². The normalized spacial score (nSPS) is 25.9. The SMILES string of the molecule is Cc1cc(B2OC(C)(C)C(C)(C)O2)ccc1C1CCCN1C=O. The summed E-state index contributed by atoms with van der Waals surface area (Å²) in [5.74, 6) is 0. The maximum absolute atomic E-state index is 11.2. The van der Waals surface area contributed by atoms with Gasteiger partial charge in [-0.15, -0.1) is 0 Å². The molecule has 0 spiro atoms. The highest BCUT2D eigenvalue weighted by Crippen LogP contribution is 2.37. The van der Waals surface area contributed by atoms with Crippen LogP contribution in [0, 0.1) is 6.92 Å². The van der Waals surface area contributed by atoms with Gasteiger partial charge in [0.2, 0.25) is 6.41 Å². The predicted molar refractivity (Wildman–Crippen MR) is 91.6 cm³/mol. The molecule has 2 fully saturated rings. The molecule has 4 nitrogen and oxygen atoms in total. The van der Waals surface area contributed by atoms with E-state index in [1.165, 1.54) is 11.1 Å². The van der Waals surface area contributed by atoms with Gasteiger partial charge in [-0.1, -0.05) is 18.2 Å². The smallest absolute Gasteiger partial charge is 0.399 e. The van der Waals surface area contributed by atoms with Crippen molar-refractivity contribution < 1.29 is 14.1 Å². The van der Waals surface area contributed by atoms with Gasteiger partial charge in [-0.2, -0.15) is 0 Å². The van der Waals surface area contributed by atoms with Crippen LogP contribution in [0.2, 0.25) is 0 Å². The lowest BCUT2D eigenvalue weighted by atomic mass is 9.77. The van der Waals surface area contributed by atoms with Gasteiger partial charge >= 0.3 is 7.12 Å². The van der Waals surface area contributed by atoms with Crippen molar-refractivity contribution in [1.82, 2.24) is 4.90 Å². The number of carbonyl (C=O) groups excluding carboxylic acids is 1. The van der Waals surface area contributed by atoms with Crippen molar-refractivity contribution in [2.75, 3.05) is 6.54 Å². The molecule has 0 radical (unpaired) electrons. The number of benzene rings is 1. The van der Waals surface area contributed by atoms with E-state index < -0.39 is 0 Å². The van der Waals surface area contributed by atoms with Gasteiger partial charge in [-0.3, -0.25) is 4.79 Å². The van der Waals surface area contributed by atoms with E-state index >= 15 is 0 Å². The number of nitrogens with zero attached hydrogens (tertiary/aromatic N) is 1. The molecule has 1 unspecified atom stereocenters. The molecule has 1 aromatic rings. The molecule has 23 heavy (non-hydrogen) atoms. The fourth-order valence-corrected chi connectivity index (χ4v) is 3.45. The Morgan fingerprint density at radius 2 is 1.87 bits per heavy atom. The van der Waals surface area contributed by atoms with Gasteiger partial charge < -0.3 is 14.2 Å². The zero-order valence-electron chi connectivity index (χ0n) is 14.8. The Bertz CT molecular complexity index is 598. The van der Waals surface area contributed by atoms with Crippen LogP contribution in [0.4, 0.5) is 0 Å². The van der Waals surface area contributed by atoms with Gasteiger partial charge in [-0.05, 0) is 64.1 Å². The van der Waals surface area contributed by atoms with Crippen LogP contribution in [-0.2, 0) is 14.1 Å². The van der Waals surface area contributed by atoms with E-state index in [2.05, 4.69) is 52.8 Å². The number of hydrogen-bond donors (Lipinski definition) is 0. The fourth-order valence-electron chi connectivity index (χ4n) is 3.45. The quantitative estimate of drug-likeness (QED) is 0.636. The first-order valence-electron chi connectivity index (χ1n) is 8.42. The minimum absolute atomic E-state index is 0.208. The third-order valence-corrected chi connectivity index (χ3v) is 5.61. The van der Waals surface area contributed by atoms with Crippen molar-refractivity contribution in [2.45, 2.75) is 64.7 Å². The summed E-state index contributed by atoms with van der Waals surface area (Å²) < 4.78 is 12.2. The van der Waals surface area contributed by atoms with Crippen molar-refractivity contribution in [3.05, 3.63) is 29.3 Å². The van der Waals surface area contributed by atoms with Crippen molar-refractivity contribution in [2.24, 2.45) is 0 Å². The van der Waals surface area contributed by atoms with Gasteiger partial charge in [0.1, 0.15) is 0 Å². The van der Waals surface area contributed by atoms with Crippen molar-refractivity contribution in [1.29, 1.82) is 0 Å². The Labute approximate surface area is 139 Å². The molecule has 0 saturated carbocycles. The third-order valence-electron chi connectivity index (χ3n) is 5.61. The Hall–Kier alpha value is -1.33. The molecule has 0 bridgehead atoms. The molecule has 3 rings (SSSR count). The molecule has 0 aromatic heterocycles. The van der Waals surface area contributed by atoms with E-state index in [1.54, 1.807) is 0 Å². The Kier molecular flexibility index (Phi) is 4.05. The molecule has 2 aliphatic rings. The number of hydrogen-bond acceptors (Lipinski definition) is 3. The minimum Gasteiger partial charge on any atom is -0.399 e. The second-order valence-corrected chi connectivity index (χ2v) is 7.71.